The van der Waals surface area contributed by atoms with E-state index in [1.165, 1.54) is 0 Å². The van der Waals surface area contributed by atoms with Gasteiger partial charge in [-0.15, -0.1) is 0 Å². The Kier molecular flexibility index (Phi) is 5.23. The molecule has 0 spiro atoms. The second-order valence-corrected chi connectivity index (χ2v) is 7.44. The average molecular weight is 327 g/mol. The summed E-state index contributed by atoms with van der Waals surface area (Å²) in [5, 5.41) is 10.7. The third-order valence-electron chi connectivity index (χ3n) is 4.82. The van der Waals surface area contributed by atoms with E-state index in [9.17, 15) is 5.11 Å². The van der Waals surface area contributed by atoms with Crippen LogP contribution in [0.1, 0.15) is 58.1 Å². The number of aryl methyl sites for hydroxylation is 1. The molecule has 1 aromatic carbocycles. The minimum atomic E-state index is -0.452. The first-order valence-corrected chi connectivity index (χ1v) is 8.34. The average Bonchev–Trinajstić information content (AvgIpc) is 2.62. The molecule has 1 fully saturated rings. The van der Waals surface area contributed by atoms with E-state index in [4.69, 9.17) is 21.1 Å². The van der Waals surface area contributed by atoms with Crippen LogP contribution < -0.4 is 0 Å². The molecule has 1 unspecified atom stereocenters. The van der Waals surface area contributed by atoms with E-state index in [1.54, 1.807) is 0 Å². The Morgan fingerprint density at radius 2 is 1.77 bits per heavy atom. The van der Waals surface area contributed by atoms with E-state index in [0.29, 0.717) is 0 Å². The molecule has 0 saturated carbocycles. The lowest BCUT2D eigenvalue weighted by atomic mass is 9.90. The molecule has 4 heteroatoms. The SMILES string of the molecule is CCCc1cc(Cl)ccc1C(CO)C1OC(C)(C)C(C)(C)O1. The maximum Gasteiger partial charge on any atom is 0.168 e. The van der Waals surface area contributed by atoms with Gasteiger partial charge in [-0.1, -0.05) is 31.0 Å². The molecule has 22 heavy (non-hydrogen) atoms. The van der Waals surface area contributed by atoms with Crippen molar-refractivity contribution < 1.29 is 14.6 Å². The summed E-state index contributed by atoms with van der Waals surface area (Å²) in [6.07, 6.45) is 1.49. The fourth-order valence-electron chi connectivity index (χ4n) is 2.81. The maximum absolute atomic E-state index is 9.95. The second kappa shape index (κ2) is 6.48. The fraction of sp³-hybridized carbons (Fsp3) is 0.667. The predicted octanol–water partition coefficient (Wildman–Crippen LogP) is 4.30. The van der Waals surface area contributed by atoms with Gasteiger partial charge in [-0.3, -0.25) is 0 Å². The van der Waals surface area contributed by atoms with Gasteiger partial charge < -0.3 is 14.6 Å². The number of aliphatic hydroxyl groups is 1. The Balaban J connectivity index is 2.34. The Morgan fingerprint density at radius 1 is 1.18 bits per heavy atom. The Morgan fingerprint density at radius 3 is 2.27 bits per heavy atom. The molecular weight excluding hydrogens is 300 g/mol. The standard InChI is InChI=1S/C18H27ClO3/c1-6-7-12-10-13(19)8-9-14(12)15(11-20)16-21-17(2,3)18(4,5)22-16/h8-10,15-16,20H,6-7,11H2,1-5H3. The van der Waals surface area contributed by atoms with Crippen LogP contribution in [0.4, 0.5) is 0 Å². The molecular formula is C18H27ClO3. The molecule has 124 valence electrons. The first-order valence-electron chi connectivity index (χ1n) is 7.96. The van der Waals surface area contributed by atoms with Crippen LogP contribution in [0.5, 0.6) is 0 Å². The monoisotopic (exact) mass is 326 g/mol. The lowest BCUT2D eigenvalue weighted by Crippen LogP contribution is -2.41. The van der Waals surface area contributed by atoms with E-state index < -0.39 is 17.5 Å². The zero-order valence-corrected chi connectivity index (χ0v) is 14.9. The summed E-state index contributed by atoms with van der Waals surface area (Å²) < 4.78 is 12.2. The van der Waals surface area contributed by atoms with Crippen LogP contribution in [0.3, 0.4) is 0 Å². The van der Waals surface area contributed by atoms with Gasteiger partial charge in [0.1, 0.15) is 0 Å². The van der Waals surface area contributed by atoms with Crippen LogP contribution in [0.2, 0.25) is 5.02 Å². The van der Waals surface area contributed by atoms with Crippen molar-refractivity contribution in [2.24, 2.45) is 0 Å². The van der Waals surface area contributed by atoms with E-state index in [-0.39, 0.29) is 12.5 Å². The number of benzene rings is 1. The number of halogens is 1. The molecule has 1 heterocycles. The van der Waals surface area contributed by atoms with E-state index in [2.05, 4.69) is 6.92 Å². The highest BCUT2D eigenvalue weighted by molar-refractivity contribution is 6.30. The highest BCUT2D eigenvalue weighted by Gasteiger charge is 2.51. The minimum Gasteiger partial charge on any atom is -0.396 e. The van der Waals surface area contributed by atoms with Gasteiger partial charge >= 0.3 is 0 Å². The normalized spacial score (nSPS) is 22.0. The summed E-state index contributed by atoms with van der Waals surface area (Å²) in [5.41, 5.74) is 1.42. The third-order valence-corrected chi connectivity index (χ3v) is 5.06. The molecule has 1 saturated heterocycles. The van der Waals surface area contributed by atoms with Crippen LogP contribution in [-0.4, -0.2) is 29.2 Å². The molecule has 1 atom stereocenters. The molecule has 1 aliphatic rings. The number of hydrogen-bond acceptors (Lipinski definition) is 3. The fourth-order valence-corrected chi connectivity index (χ4v) is 3.00. The quantitative estimate of drug-likeness (QED) is 0.876. The summed E-state index contributed by atoms with van der Waals surface area (Å²) in [7, 11) is 0. The molecule has 2 rings (SSSR count). The maximum atomic E-state index is 9.95. The van der Waals surface area contributed by atoms with Crippen molar-refractivity contribution in [3.8, 4) is 0 Å². The van der Waals surface area contributed by atoms with Gasteiger partial charge in [0.25, 0.3) is 0 Å². The number of hydrogen-bond donors (Lipinski definition) is 1. The van der Waals surface area contributed by atoms with E-state index in [1.807, 2.05) is 45.9 Å². The molecule has 1 N–H and O–H groups in total. The predicted molar refractivity (Wildman–Crippen MR) is 89.4 cm³/mol. The summed E-state index contributed by atoms with van der Waals surface area (Å²) >= 11 is 6.13. The van der Waals surface area contributed by atoms with Gasteiger partial charge in [-0.2, -0.15) is 0 Å². The van der Waals surface area contributed by atoms with Crippen LogP contribution >= 0.6 is 11.6 Å². The molecule has 0 bridgehead atoms. The first-order chi connectivity index (χ1) is 10.2. The highest BCUT2D eigenvalue weighted by atomic mass is 35.5. The van der Waals surface area contributed by atoms with Crippen molar-refractivity contribution in [3.63, 3.8) is 0 Å². The molecule has 1 aliphatic heterocycles. The number of aliphatic hydroxyl groups excluding tert-OH is 1. The summed E-state index contributed by atoms with van der Waals surface area (Å²) in [6.45, 7) is 10.2. The zero-order valence-electron chi connectivity index (χ0n) is 14.1. The molecule has 0 radical (unpaired) electrons. The number of rotatable bonds is 5. The Bertz CT molecular complexity index is 509. The largest absolute Gasteiger partial charge is 0.396 e. The molecule has 3 nitrogen and oxygen atoms in total. The highest BCUT2D eigenvalue weighted by Crippen LogP contribution is 2.43. The van der Waals surface area contributed by atoms with Gasteiger partial charge in [0.15, 0.2) is 6.29 Å². The smallest absolute Gasteiger partial charge is 0.168 e. The van der Waals surface area contributed by atoms with E-state index in [0.717, 1.165) is 29.0 Å². The third kappa shape index (κ3) is 3.33. The van der Waals surface area contributed by atoms with Crippen molar-refractivity contribution in [1.82, 2.24) is 0 Å². The van der Waals surface area contributed by atoms with Crippen molar-refractivity contribution in [2.45, 2.75) is 70.9 Å². The minimum absolute atomic E-state index is 0.0187. The zero-order chi connectivity index (χ0) is 16.5. The lowest BCUT2D eigenvalue weighted by molar-refractivity contribution is -0.110. The van der Waals surface area contributed by atoms with Gasteiger partial charge in [0, 0.05) is 5.02 Å². The molecule has 1 aromatic rings. The second-order valence-electron chi connectivity index (χ2n) is 7.01. The van der Waals surface area contributed by atoms with Crippen molar-refractivity contribution in [1.29, 1.82) is 0 Å². The van der Waals surface area contributed by atoms with Crippen molar-refractivity contribution in [3.05, 3.63) is 34.3 Å². The lowest BCUT2D eigenvalue weighted by Gasteiger charge is -2.30. The molecule has 0 aromatic heterocycles. The van der Waals surface area contributed by atoms with Crippen molar-refractivity contribution >= 4 is 11.6 Å². The summed E-state index contributed by atoms with van der Waals surface area (Å²) in [5.74, 6) is -0.208. The van der Waals surface area contributed by atoms with Gasteiger partial charge in [0.2, 0.25) is 0 Å². The van der Waals surface area contributed by atoms with E-state index >= 15 is 0 Å². The Labute approximate surface area is 138 Å². The summed E-state index contributed by atoms with van der Waals surface area (Å²) in [6, 6.07) is 5.83. The molecule has 0 amide bonds. The van der Waals surface area contributed by atoms with Crippen LogP contribution in [-0.2, 0) is 15.9 Å². The summed E-state index contributed by atoms with van der Waals surface area (Å²) in [4.78, 5) is 0. The topological polar surface area (TPSA) is 38.7 Å². The van der Waals surface area contributed by atoms with Gasteiger partial charge in [0.05, 0.1) is 23.7 Å². The first kappa shape index (κ1) is 17.7. The van der Waals surface area contributed by atoms with Crippen LogP contribution in [0.15, 0.2) is 18.2 Å². The van der Waals surface area contributed by atoms with Crippen LogP contribution in [0.25, 0.3) is 0 Å². The Hall–Kier alpha value is -0.610. The van der Waals surface area contributed by atoms with Gasteiger partial charge in [-0.05, 0) is 57.4 Å². The molecule has 0 aliphatic carbocycles. The van der Waals surface area contributed by atoms with Crippen LogP contribution in [0, 0.1) is 0 Å². The van der Waals surface area contributed by atoms with Crippen molar-refractivity contribution in [2.75, 3.05) is 6.61 Å². The van der Waals surface area contributed by atoms with Gasteiger partial charge in [-0.25, -0.2) is 0 Å². The number of ether oxygens (including phenoxy) is 2.